The lowest BCUT2D eigenvalue weighted by atomic mass is 10.1. The van der Waals surface area contributed by atoms with Crippen molar-refractivity contribution in [2.45, 2.75) is 84.2 Å². The number of allylic oxidation sites excluding steroid dienone is 2. The lowest BCUT2D eigenvalue weighted by Gasteiger charge is -2.37. The zero-order valence-corrected chi connectivity index (χ0v) is 15.6. The lowest BCUT2D eigenvalue weighted by molar-refractivity contribution is -0.936. The number of hydrogen-bond acceptors (Lipinski definition) is 2. The zero-order chi connectivity index (χ0) is 16.8. The summed E-state index contributed by atoms with van der Waals surface area (Å²) in [6.07, 6.45) is 20.2. The van der Waals surface area contributed by atoms with E-state index in [2.05, 4.69) is 32.2 Å². The summed E-state index contributed by atoms with van der Waals surface area (Å²) in [6, 6.07) is 0. The maximum Gasteiger partial charge on any atom is 0.182 e. The van der Waals surface area contributed by atoms with Crippen LogP contribution in [0.1, 0.15) is 78.1 Å². The molecule has 0 aromatic carbocycles. The molecule has 3 heteroatoms. The molecule has 0 aliphatic carbocycles. The summed E-state index contributed by atoms with van der Waals surface area (Å²) in [4.78, 5) is 4.69. The first kappa shape index (κ1) is 20.4. The highest BCUT2D eigenvalue weighted by Crippen LogP contribution is 2.24. The van der Waals surface area contributed by atoms with Crippen LogP contribution in [-0.2, 0) is 0 Å². The second-order valence-corrected chi connectivity index (χ2v) is 6.94. The summed E-state index contributed by atoms with van der Waals surface area (Å²) in [5.41, 5.74) is 0. The molecule has 23 heavy (non-hydrogen) atoms. The zero-order valence-electron chi connectivity index (χ0n) is 15.6. The van der Waals surface area contributed by atoms with Crippen LogP contribution in [0.3, 0.4) is 0 Å². The molecule has 3 nitrogen and oxygen atoms in total. The molecule has 0 amide bonds. The van der Waals surface area contributed by atoms with Gasteiger partial charge >= 0.3 is 0 Å². The first-order chi connectivity index (χ1) is 11.3. The monoisotopic (exact) mass is 323 g/mol. The Hall–Kier alpha value is -0.670. The molecule has 134 valence electrons. The van der Waals surface area contributed by atoms with Crippen molar-refractivity contribution in [1.82, 2.24) is 0 Å². The molecule has 0 saturated heterocycles. The smallest absolute Gasteiger partial charge is 0.182 e. The van der Waals surface area contributed by atoms with Gasteiger partial charge in [-0.1, -0.05) is 51.2 Å². The number of hydrogen-bond donors (Lipinski definition) is 1. The molecule has 0 aromatic rings. The van der Waals surface area contributed by atoms with E-state index in [4.69, 9.17) is 4.99 Å². The minimum atomic E-state index is 0.278. The fraction of sp³-hybridized carbons (Fsp3) is 0.850. The number of aliphatic imine (C=N–C) groups is 1. The van der Waals surface area contributed by atoms with Gasteiger partial charge in [-0.05, 0) is 32.6 Å². The van der Waals surface area contributed by atoms with E-state index in [1.54, 1.807) is 0 Å². The van der Waals surface area contributed by atoms with Gasteiger partial charge in [0, 0.05) is 6.42 Å². The van der Waals surface area contributed by atoms with Crippen molar-refractivity contribution in [3.63, 3.8) is 0 Å². The van der Waals surface area contributed by atoms with Crippen LogP contribution in [0.15, 0.2) is 17.1 Å². The van der Waals surface area contributed by atoms with Crippen LogP contribution < -0.4 is 0 Å². The van der Waals surface area contributed by atoms with Crippen LogP contribution in [0.5, 0.6) is 0 Å². The maximum absolute atomic E-state index is 9.32. The molecule has 0 spiro atoms. The minimum absolute atomic E-state index is 0.278. The standard InChI is InChI=1S/C20H39N2O/c1-3-5-6-7-8-9-10-11-12-13-14-15-20-21-16-17-22(20,4-2)18-19-23/h6-7,16,20,23H,3-5,8-15,17-19H2,1-2H3/q+1/b7-6+. The van der Waals surface area contributed by atoms with E-state index >= 15 is 0 Å². The van der Waals surface area contributed by atoms with Crippen LogP contribution in [0.4, 0.5) is 0 Å². The summed E-state index contributed by atoms with van der Waals surface area (Å²) < 4.78 is 0.973. The molecule has 2 unspecified atom stereocenters. The third kappa shape index (κ3) is 7.63. The largest absolute Gasteiger partial charge is 0.391 e. The van der Waals surface area contributed by atoms with E-state index < -0.39 is 0 Å². The number of aliphatic hydroxyl groups is 1. The van der Waals surface area contributed by atoms with Crippen LogP contribution in [0.25, 0.3) is 0 Å². The topological polar surface area (TPSA) is 32.6 Å². The number of nitrogens with zero attached hydrogens (tertiary/aromatic N) is 2. The first-order valence-electron chi connectivity index (χ1n) is 9.92. The molecule has 1 aliphatic rings. The summed E-state index contributed by atoms with van der Waals surface area (Å²) in [7, 11) is 0. The SMILES string of the molecule is CCC/C=C/CCCCCCCCC1N=CC[N+]1(CC)CCO. The van der Waals surface area contributed by atoms with Gasteiger partial charge in [0.1, 0.15) is 13.1 Å². The summed E-state index contributed by atoms with van der Waals surface area (Å²) >= 11 is 0. The molecule has 1 heterocycles. The molecule has 0 bridgehead atoms. The van der Waals surface area contributed by atoms with Gasteiger partial charge in [-0.3, -0.25) is 4.48 Å². The summed E-state index contributed by atoms with van der Waals surface area (Å²) in [6.45, 7) is 7.68. The molecule has 1 aliphatic heterocycles. The molecule has 0 radical (unpaired) electrons. The fourth-order valence-corrected chi connectivity index (χ4v) is 3.58. The molecule has 0 saturated carbocycles. The van der Waals surface area contributed by atoms with Crippen molar-refractivity contribution in [3.05, 3.63) is 12.2 Å². The molecular formula is C20H39N2O+. The Morgan fingerprint density at radius 3 is 2.43 bits per heavy atom. The Morgan fingerprint density at radius 2 is 1.74 bits per heavy atom. The number of rotatable bonds is 14. The van der Waals surface area contributed by atoms with Gasteiger partial charge in [0.2, 0.25) is 0 Å². The van der Waals surface area contributed by atoms with Crippen molar-refractivity contribution in [2.75, 3.05) is 26.2 Å². The van der Waals surface area contributed by atoms with Crippen molar-refractivity contribution in [3.8, 4) is 0 Å². The molecular weight excluding hydrogens is 284 g/mol. The van der Waals surface area contributed by atoms with Crippen molar-refractivity contribution in [1.29, 1.82) is 0 Å². The van der Waals surface area contributed by atoms with E-state index in [-0.39, 0.29) is 6.61 Å². The Morgan fingerprint density at radius 1 is 1.04 bits per heavy atom. The summed E-state index contributed by atoms with van der Waals surface area (Å²) in [5, 5.41) is 9.32. The third-order valence-corrected chi connectivity index (χ3v) is 5.24. The first-order valence-corrected chi connectivity index (χ1v) is 9.92. The van der Waals surface area contributed by atoms with E-state index in [0.717, 1.165) is 24.1 Å². The van der Waals surface area contributed by atoms with E-state index in [9.17, 15) is 5.11 Å². The predicted molar refractivity (Wildman–Crippen MR) is 101 cm³/mol. The Balaban J connectivity index is 2.03. The van der Waals surface area contributed by atoms with Gasteiger partial charge in [0.15, 0.2) is 6.17 Å². The average molecular weight is 324 g/mol. The Labute approximate surface area is 144 Å². The maximum atomic E-state index is 9.32. The van der Waals surface area contributed by atoms with E-state index in [1.165, 1.54) is 64.2 Å². The van der Waals surface area contributed by atoms with Crippen LogP contribution in [0, 0.1) is 0 Å². The highest BCUT2D eigenvalue weighted by atomic mass is 16.3. The molecule has 1 rings (SSSR count). The average Bonchev–Trinajstić information content (AvgIpc) is 2.96. The van der Waals surface area contributed by atoms with Gasteiger partial charge in [-0.15, -0.1) is 0 Å². The van der Waals surface area contributed by atoms with Crippen LogP contribution >= 0.6 is 0 Å². The second-order valence-electron chi connectivity index (χ2n) is 6.94. The van der Waals surface area contributed by atoms with Gasteiger partial charge in [-0.25, -0.2) is 4.99 Å². The Kier molecular flexibility index (Phi) is 11.3. The predicted octanol–water partition coefficient (Wildman–Crippen LogP) is 4.70. The highest BCUT2D eigenvalue weighted by Gasteiger charge is 2.36. The third-order valence-electron chi connectivity index (χ3n) is 5.24. The molecule has 0 aromatic heterocycles. The van der Waals surface area contributed by atoms with Gasteiger partial charge < -0.3 is 5.11 Å². The Bertz CT molecular complexity index is 341. The second kappa shape index (κ2) is 12.7. The van der Waals surface area contributed by atoms with Gasteiger partial charge in [-0.2, -0.15) is 0 Å². The molecule has 2 atom stereocenters. The van der Waals surface area contributed by atoms with Crippen molar-refractivity contribution < 1.29 is 9.59 Å². The quantitative estimate of drug-likeness (QED) is 0.280. The number of unbranched alkanes of at least 4 members (excludes halogenated alkanes) is 7. The van der Waals surface area contributed by atoms with Gasteiger partial charge in [0.05, 0.1) is 19.4 Å². The molecule has 0 fully saturated rings. The number of quaternary nitrogens is 1. The van der Waals surface area contributed by atoms with Crippen molar-refractivity contribution >= 4 is 6.21 Å². The van der Waals surface area contributed by atoms with Crippen molar-refractivity contribution in [2.24, 2.45) is 4.99 Å². The van der Waals surface area contributed by atoms with Crippen LogP contribution in [0.2, 0.25) is 0 Å². The molecule has 1 N–H and O–H groups in total. The summed E-state index contributed by atoms with van der Waals surface area (Å²) in [5.74, 6) is 0. The lowest BCUT2D eigenvalue weighted by Crippen LogP contribution is -2.53. The van der Waals surface area contributed by atoms with E-state index in [1.807, 2.05) is 0 Å². The highest BCUT2D eigenvalue weighted by molar-refractivity contribution is 5.60. The normalized spacial score (nSPS) is 24.0. The van der Waals surface area contributed by atoms with E-state index in [0.29, 0.717) is 6.17 Å². The number of aliphatic hydroxyl groups excluding tert-OH is 1. The fourth-order valence-electron chi connectivity index (χ4n) is 3.58. The number of likely N-dealkylation sites (N-methyl/N-ethyl adjacent to an activating group) is 1. The van der Waals surface area contributed by atoms with Crippen LogP contribution in [-0.4, -0.2) is 48.2 Å². The minimum Gasteiger partial charge on any atom is -0.391 e. The van der Waals surface area contributed by atoms with Gasteiger partial charge in [0.25, 0.3) is 0 Å².